The molecule has 0 spiro atoms. The first kappa shape index (κ1) is 18.8. The van der Waals surface area contributed by atoms with Crippen LogP contribution in [-0.2, 0) is 0 Å². The lowest BCUT2D eigenvalue weighted by Gasteiger charge is -2.37. The van der Waals surface area contributed by atoms with Gasteiger partial charge in [-0.05, 0) is 30.6 Å². The predicted molar refractivity (Wildman–Crippen MR) is 99.5 cm³/mol. The quantitative estimate of drug-likeness (QED) is 0.838. The Labute approximate surface area is 155 Å². The molecule has 1 aliphatic rings. The largest absolute Gasteiger partial charge is 0.336 e. The normalized spacial score (nSPS) is 17.0. The van der Waals surface area contributed by atoms with Gasteiger partial charge in [0, 0.05) is 43.7 Å². The summed E-state index contributed by atoms with van der Waals surface area (Å²) in [5, 5.41) is 7.26. The summed E-state index contributed by atoms with van der Waals surface area (Å²) < 4.78 is 26.6. The summed E-state index contributed by atoms with van der Waals surface area (Å²) >= 11 is 1.66. The zero-order valence-corrected chi connectivity index (χ0v) is 15.4. The van der Waals surface area contributed by atoms with Crippen molar-refractivity contribution < 1.29 is 13.6 Å². The molecule has 1 aliphatic heterocycles. The molecule has 1 aromatic carbocycles. The highest BCUT2D eigenvalue weighted by atomic mass is 32.1. The van der Waals surface area contributed by atoms with Gasteiger partial charge in [0.15, 0.2) is 0 Å². The van der Waals surface area contributed by atoms with Gasteiger partial charge < -0.3 is 15.5 Å². The zero-order valence-electron chi connectivity index (χ0n) is 14.5. The number of carbonyl (C=O) groups excluding carboxylic acids is 1. The van der Waals surface area contributed by atoms with Crippen molar-refractivity contribution in [2.45, 2.75) is 6.04 Å². The third-order valence-electron chi connectivity index (χ3n) is 4.49. The zero-order chi connectivity index (χ0) is 18.5. The van der Waals surface area contributed by atoms with Crippen LogP contribution in [0.5, 0.6) is 0 Å². The van der Waals surface area contributed by atoms with Crippen molar-refractivity contribution in [3.05, 3.63) is 52.2 Å². The molecule has 0 radical (unpaired) electrons. The highest BCUT2D eigenvalue weighted by Crippen LogP contribution is 2.25. The highest BCUT2D eigenvalue weighted by molar-refractivity contribution is 7.10. The molecule has 2 amide bonds. The van der Waals surface area contributed by atoms with Crippen LogP contribution in [0.2, 0.25) is 0 Å². The van der Waals surface area contributed by atoms with Crippen LogP contribution in [0.4, 0.5) is 19.3 Å². The number of benzene rings is 1. The summed E-state index contributed by atoms with van der Waals surface area (Å²) in [5.41, 5.74) is -0.0452. The molecule has 0 unspecified atom stereocenters. The molecular formula is C18H22F2N4OS. The average Bonchev–Trinajstić information content (AvgIpc) is 3.13. The second-order valence-electron chi connectivity index (χ2n) is 6.33. The molecule has 2 N–H and O–H groups in total. The Hall–Kier alpha value is -2.03. The molecule has 140 valence electrons. The van der Waals surface area contributed by atoms with Crippen LogP contribution in [0.15, 0.2) is 35.7 Å². The van der Waals surface area contributed by atoms with Gasteiger partial charge in [-0.1, -0.05) is 6.07 Å². The molecule has 1 atom stereocenters. The smallest absolute Gasteiger partial charge is 0.319 e. The van der Waals surface area contributed by atoms with E-state index < -0.39 is 17.7 Å². The minimum Gasteiger partial charge on any atom is -0.336 e. The van der Waals surface area contributed by atoms with Gasteiger partial charge in [-0.15, -0.1) is 11.3 Å². The van der Waals surface area contributed by atoms with Crippen molar-refractivity contribution in [3.8, 4) is 0 Å². The molecule has 0 bridgehead atoms. The van der Waals surface area contributed by atoms with Crippen molar-refractivity contribution in [3.63, 3.8) is 0 Å². The highest BCUT2D eigenvalue weighted by Gasteiger charge is 2.25. The van der Waals surface area contributed by atoms with Crippen molar-refractivity contribution in [1.29, 1.82) is 0 Å². The van der Waals surface area contributed by atoms with E-state index in [0.717, 1.165) is 38.3 Å². The van der Waals surface area contributed by atoms with Gasteiger partial charge >= 0.3 is 6.03 Å². The van der Waals surface area contributed by atoms with Crippen LogP contribution in [0.1, 0.15) is 10.9 Å². The SMILES string of the molecule is CN1CCN([C@@H](CNC(=O)Nc2ccc(F)cc2F)c2cccs2)CC1. The predicted octanol–water partition coefficient (Wildman–Crippen LogP) is 3.14. The minimum absolute atomic E-state index is 0.0452. The summed E-state index contributed by atoms with van der Waals surface area (Å²) in [6, 6.07) is 6.69. The number of thiophene rings is 1. The fourth-order valence-electron chi connectivity index (χ4n) is 2.97. The third kappa shape index (κ3) is 4.78. The molecule has 8 heteroatoms. The van der Waals surface area contributed by atoms with E-state index in [0.29, 0.717) is 6.54 Å². The first-order valence-electron chi connectivity index (χ1n) is 8.49. The molecule has 2 heterocycles. The standard InChI is InChI=1S/C18H22F2N4OS/c1-23-6-8-24(9-7-23)16(17-3-2-10-26-17)12-21-18(25)22-15-5-4-13(19)11-14(15)20/h2-5,10-11,16H,6-9,12H2,1H3,(H2,21,22,25)/t16-/m0/s1. The first-order valence-corrected chi connectivity index (χ1v) is 9.37. The van der Waals surface area contributed by atoms with Crippen molar-refractivity contribution in [1.82, 2.24) is 15.1 Å². The number of urea groups is 1. The summed E-state index contributed by atoms with van der Waals surface area (Å²) in [7, 11) is 2.10. The Balaban J connectivity index is 1.61. The number of anilines is 1. The van der Waals surface area contributed by atoms with Crippen LogP contribution in [0.3, 0.4) is 0 Å². The minimum atomic E-state index is -0.797. The Morgan fingerprint density at radius 2 is 2.00 bits per heavy atom. The van der Waals surface area contributed by atoms with E-state index in [1.807, 2.05) is 11.4 Å². The fourth-order valence-corrected chi connectivity index (χ4v) is 3.83. The van der Waals surface area contributed by atoms with E-state index in [-0.39, 0.29) is 11.7 Å². The van der Waals surface area contributed by atoms with Crippen LogP contribution >= 0.6 is 11.3 Å². The van der Waals surface area contributed by atoms with Crippen molar-refractivity contribution >= 4 is 23.1 Å². The average molecular weight is 380 g/mol. The molecule has 1 fully saturated rings. The Morgan fingerprint density at radius 3 is 2.65 bits per heavy atom. The Bertz CT molecular complexity index is 733. The maximum absolute atomic E-state index is 13.7. The van der Waals surface area contributed by atoms with Crippen LogP contribution < -0.4 is 10.6 Å². The molecule has 0 aliphatic carbocycles. The van der Waals surface area contributed by atoms with E-state index in [9.17, 15) is 13.6 Å². The van der Waals surface area contributed by atoms with Gasteiger partial charge in [-0.2, -0.15) is 0 Å². The van der Waals surface area contributed by atoms with E-state index in [1.54, 1.807) is 11.3 Å². The molecule has 0 saturated carbocycles. The second-order valence-corrected chi connectivity index (χ2v) is 7.31. The molecule has 26 heavy (non-hydrogen) atoms. The van der Waals surface area contributed by atoms with Crippen LogP contribution in [-0.4, -0.2) is 55.6 Å². The number of likely N-dealkylation sites (N-methyl/N-ethyl adjacent to an activating group) is 1. The van der Waals surface area contributed by atoms with Crippen molar-refractivity contribution in [2.75, 3.05) is 45.1 Å². The van der Waals surface area contributed by atoms with Gasteiger partial charge in [0.2, 0.25) is 0 Å². The number of hydrogen-bond donors (Lipinski definition) is 2. The topological polar surface area (TPSA) is 47.6 Å². The molecule has 5 nitrogen and oxygen atoms in total. The van der Waals surface area contributed by atoms with Gasteiger partial charge in [0.1, 0.15) is 11.6 Å². The molecular weight excluding hydrogens is 358 g/mol. The van der Waals surface area contributed by atoms with Gasteiger partial charge in [0.25, 0.3) is 0 Å². The number of rotatable bonds is 5. The molecule has 3 rings (SSSR count). The number of hydrogen-bond acceptors (Lipinski definition) is 4. The summed E-state index contributed by atoms with van der Waals surface area (Å²) in [4.78, 5) is 18.0. The van der Waals surface area contributed by atoms with Crippen molar-refractivity contribution in [2.24, 2.45) is 0 Å². The molecule has 2 aromatic rings. The fraction of sp³-hybridized carbons (Fsp3) is 0.389. The Kier molecular flexibility index (Phi) is 6.18. The van der Waals surface area contributed by atoms with E-state index in [4.69, 9.17) is 0 Å². The van der Waals surface area contributed by atoms with E-state index in [1.165, 1.54) is 10.9 Å². The first-order chi connectivity index (χ1) is 12.5. The maximum atomic E-state index is 13.7. The number of nitrogens with one attached hydrogen (secondary N) is 2. The lowest BCUT2D eigenvalue weighted by molar-refractivity contribution is 0.113. The maximum Gasteiger partial charge on any atom is 0.319 e. The molecule has 1 aromatic heterocycles. The number of carbonyl (C=O) groups is 1. The number of halogens is 2. The third-order valence-corrected chi connectivity index (χ3v) is 5.46. The molecule has 1 saturated heterocycles. The monoisotopic (exact) mass is 380 g/mol. The van der Waals surface area contributed by atoms with E-state index in [2.05, 4.69) is 33.5 Å². The summed E-state index contributed by atoms with van der Waals surface area (Å²) in [6.07, 6.45) is 0. The Morgan fingerprint density at radius 1 is 1.23 bits per heavy atom. The summed E-state index contributed by atoms with van der Waals surface area (Å²) in [5.74, 6) is -1.48. The number of piperazine rings is 1. The second kappa shape index (κ2) is 8.57. The summed E-state index contributed by atoms with van der Waals surface area (Å²) in [6.45, 7) is 4.23. The van der Waals surface area contributed by atoms with Crippen LogP contribution in [0, 0.1) is 11.6 Å². The van der Waals surface area contributed by atoms with Crippen LogP contribution in [0.25, 0.3) is 0 Å². The lowest BCUT2D eigenvalue weighted by atomic mass is 10.1. The number of nitrogens with zero attached hydrogens (tertiary/aromatic N) is 2. The van der Waals surface area contributed by atoms with E-state index >= 15 is 0 Å². The number of amides is 2. The van der Waals surface area contributed by atoms with Gasteiger partial charge in [-0.3, -0.25) is 4.90 Å². The van der Waals surface area contributed by atoms with Gasteiger partial charge in [0.05, 0.1) is 11.7 Å². The van der Waals surface area contributed by atoms with Gasteiger partial charge in [-0.25, -0.2) is 13.6 Å². The lowest BCUT2D eigenvalue weighted by Crippen LogP contribution is -2.48.